The van der Waals surface area contributed by atoms with Crippen molar-refractivity contribution in [3.8, 4) is 0 Å². The van der Waals surface area contributed by atoms with E-state index in [1.165, 1.54) is 0 Å². The molecule has 0 bridgehead atoms. The van der Waals surface area contributed by atoms with E-state index in [2.05, 4.69) is 11.9 Å². The SMILES string of the molecule is C=C(/C=C(\C=C/C)C(C)(C)NC=O)OC1CC1. The molecule has 0 saturated heterocycles. The molecule has 0 spiro atoms. The minimum atomic E-state index is -0.426. The molecule has 0 aromatic heterocycles. The van der Waals surface area contributed by atoms with Crippen LogP contribution in [0.3, 0.4) is 0 Å². The molecule has 94 valence electrons. The van der Waals surface area contributed by atoms with E-state index in [9.17, 15) is 4.79 Å². The van der Waals surface area contributed by atoms with E-state index >= 15 is 0 Å². The molecule has 1 aliphatic carbocycles. The largest absolute Gasteiger partial charge is 0.491 e. The van der Waals surface area contributed by atoms with Gasteiger partial charge in [0.15, 0.2) is 0 Å². The van der Waals surface area contributed by atoms with Crippen LogP contribution in [0.25, 0.3) is 0 Å². The first-order valence-electron chi connectivity index (χ1n) is 5.91. The van der Waals surface area contributed by atoms with Gasteiger partial charge < -0.3 is 10.1 Å². The molecule has 0 aromatic carbocycles. The van der Waals surface area contributed by atoms with Crippen LogP contribution in [0.5, 0.6) is 0 Å². The van der Waals surface area contributed by atoms with E-state index < -0.39 is 5.54 Å². The van der Waals surface area contributed by atoms with E-state index in [4.69, 9.17) is 4.74 Å². The Morgan fingerprint density at radius 3 is 2.59 bits per heavy atom. The van der Waals surface area contributed by atoms with E-state index in [0.29, 0.717) is 18.3 Å². The first kappa shape index (κ1) is 13.6. The second-order valence-corrected chi connectivity index (χ2v) is 4.77. The summed E-state index contributed by atoms with van der Waals surface area (Å²) in [4.78, 5) is 10.6. The van der Waals surface area contributed by atoms with Gasteiger partial charge in [-0.2, -0.15) is 0 Å². The van der Waals surface area contributed by atoms with Gasteiger partial charge in [-0.15, -0.1) is 0 Å². The zero-order valence-electron chi connectivity index (χ0n) is 10.8. The van der Waals surface area contributed by atoms with Gasteiger partial charge in [-0.25, -0.2) is 0 Å². The third-order valence-corrected chi connectivity index (χ3v) is 2.65. The van der Waals surface area contributed by atoms with Gasteiger partial charge in [0.2, 0.25) is 6.41 Å². The second-order valence-electron chi connectivity index (χ2n) is 4.77. The molecule has 1 saturated carbocycles. The van der Waals surface area contributed by atoms with Crippen LogP contribution in [0.15, 0.2) is 36.1 Å². The minimum absolute atomic E-state index is 0.341. The Bertz CT molecular complexity index is 349. The standard InChI is InChI=1S/C14H21NO2/c1-5-6-12(14(3,4)15-10-16)9-11(2)17-13-7-8-13/h5-6,9-10,13H,2,7-8H2,1,3-4H3,(H,15,16)/b6-5-,12-9+. The third kappa shape index (κ3) is 4.47. The van der Waals surface area contributed by atoms with Crippen LogP contribution in [0, 0.1) is 0 Å². The monoisotopic (exact) mass is 235 g/mol. The predicted molar refractivity (Wildman–Crippen MR) is 69.4 cm³/mol. The Morgan fingerprint density at radius 1 is 1.47 bits per heavy atom. The van der Waals surface area contributed by atoms with Gasteiger partial charge in [0.1, 0.15) is 5.76 Å². The summed E-state index contributed by atoms with van der Waals surface area (Å²) in [6.07, 6.45) is 9.05. The molecule has 1 amide bonds. The van der Waals surface area contributed by atoms with Gasteiger partial charge in [-0.1, -0.05) is 18.7 Å². The van der Waals surface area contributed by atoms with Gasteiger partial charge in [-0.05, 0) is 45.3 Å². The van der Waals surface area contributed by atoms with Gasteiger partial charge in [-0.3, -0.25) is 4.79 Å². The van der Waals surface area contributed by atoms with Crippen LogP contribution < -0.4 is 5.32 Å². The summed E-state index contributed by atoms with van der Waals surface area (Å²) in [5.74, 6) is 0.654. The maximum Gasteiger partial charge on any atom is 0.207 e. The third-order valence-electron chi connectivity index (χ3n) is 2.65. The molecular weight excluding hydrogens is 214 g/mol. The number of hydrogen-bond donors (Lipinski definition) is 1. The maximum absolute atomic E-state index is 10.6. The lowest BCUT2D eigenvalue weighted by atomic mass is 9.93. The lowest BCUT2D eigenvalue weighted by Gasteiger charge is -2.26. The van der Waals surface area contributed by atoms with Gasteiger partial charge in [0.05, 0.1) is 11.6 Å². The lowest BCUT2D eigenvalue weighted by Crippen LogP contribution is -2.39. The number of hydrogen-bond acceptors (Lipinski definition) is 2. The summed E-state index contributed by atoms with van der Waals surface area (Å²) in [7, 11) is 0. The number of carbonyl (C=O) groups is 1. The Kier molecular flexibility index (Phi) is 4.55. The summed E-state index contributed by atoms with van der Waals surface area (Å²) < 4.78 is 5.59. The summed E-state index contributed by atoms with van der Waals surface area (Å²) in [5, 5.41) is 2.78. The van der Waals surface area contributed by atoms with Crippen LogP contribution in [-0.4, -0.2) is 18.1 Å². The molecule has 17 heavy (non-hydrogen) atoms. The molecule has 0 unspecified atom stereocenters. The highest BCUT2D eigenvalue weighted by Crippen LogP contribution is 2.27. The normalized spacial score (nSPS) is 17.0. The highest BCUT2D eigenvalue weighted by Gasteiger charge is 2.25. The molecule has 0 atom stereocenters. The summed E-state index contributed by atoms with van der Waals surface area (Å²) in [5.41, 5.74) is 0.544. The lowest BCUT2D eigenvalue weighted by molar-refractivity contribution is -0.110. The smallest absolute Gasteiger partial charge is 0.207 e. The number of allylic oxidation sites excluding steroid dienone is 2. The van der Waals surface area contributed by atoms with Crippen molar-refractivity contribution in [3.63, 3.8) is 0 Å². The molecule has 0 heterocycles. The molecule has 3 heteroatoms. The van der Waals surface area contributed by atoms with Crippen molar-refractivity contribution < 1.29 is 9.53 Å². The Balaban J connectivity index is 2.78. The van der Waals surface area contributed by atoms with Crippen molar-refractivity contribution in [2.45, 2.75) is 45.3 Å². The fourth-order valence-corrected chi connectivity index (χ4v) is 1.45. The first-order chi connectivity index (χ1) is 7.99. The summed E-state index contributed by atoms with van der Waals surface area (Å²) in [6, 6.07) is 0. The van der Waals surface area contributed by atoms with E-state index in [-0.39, 0.29) is 0 Å². The Hall–Kier alpha value is -1.51. The summed E-state index contributed by atoms with van der Waals surface area (Å²) >= 11 is 0. The van der Waals surface area contributed by atoms with Crippen molar-refractivity contribution in [3.05, 3.63) is 36.1 Å². The van der Waals surface area contributed by atoms with Crippen molar-refractivity contribution in [2.75, 3.05) is 0 Å². The first-order valence-corrected chi connectivity index (χ1v) is 5.91. The number of carbonyl (C=O) groups excluding carboxylic acids is 1. The van der Waals surface area contributed by atoms with Crippen LogP contribution in [0.4, 0.5) is 0 Å². The number of amides is 1. The van der Waals surface area contributed by atoms with E-state index in [1.54, 1.807) is 0 Å². The van der Waals surface area contributed by atoms with Crippen molar-refractivity contribution in [1.82, 2.24) is 5.32 Å². The topological polar surface area (TPSA) is 38.3 Å². The predicted octanol–water partition coefficient (Wildman–Crippen LogP) is 2.71. The zero-order valence-corrected chi connectivity index (χ0v) is 10.8. The van der Waals surface area contributed by atoms with Gasteiger partial charge in [0.25, 0.3) is 0 Å². The zero-order chi connectivity index (χ0) is 12.9. The second kappa shape index (κ2) is 5.71. The Labute approximate surface area is 103 Å². The van der Waals surface area contributed by atoms with Crippen LogP contribution in [0.2, 0.25) is 0 Å². The molecule has 3 nitrogen and oxygen atoms in total. The Morgan fingerprint density at radius 2 is 2.12 bits per heavy atom. The molecule has 1 N–H and O–H groups in total. The highest BCUT2D eigenvalue weighted by molar-refractivity contribution is 5.51. The average molecular weight is 235 g/mol. The quantitative estimate of drug-likeness (QED) is 0.418. The van der Waals surface area contributed by atoms with Gasteiger partial charge >= 0.3 is 0 Å². The molecule has 0 radical (unpaired) electrons. The fourth-order valence-electron chi connectivity index (χ4n) is 1.45. The highest BCUT2D eigenvalue weighted by atomic mass is 16.5. The van der Waals surface area contributed by atoms with Crippen molar-refractivity contribution in [1.29, 1.82) is 0 Å². The average Bonchev–Trinajstić information content (AvgIpc) is 3.01. The van der Waals surface area contributed by atoms with Crippen LogP contribution in [0.1, 0.15) is 33.6 Å². The molecule has 0 aliphatic heterocycles. The fraction of sp³-hybridized carbons (Fsp3) is 0.500. The van der Waals surface area contributed by atoms with E-state index in [1.807, 2.05) is 39.0 Å². The molecule has 1 aliphatic rings. The van der Waals surface area contributed by atoms with E-state index in [0.717, 1.165) is 18.4 Å². The molecule has 0 aromatic rings. The minimum Gasteiger partial charge on any atom is -0.491 e. The molecule has 1 rings (SSSR count). The number of nitrogens with one attached hydrogen (secondary N) is 1. The number of rotatable bonds is 7. The molecule has 1 fully saturated rings. The van der Waals surface area contributed by atoms with Gasteiger partial charge in [0, 0.05) is 0 Å². The maximum atomic E-state index is 10.6. The van der Waals surface area contributed by atoms with Crippen molar-refractivity contribution >= 4 is 6.41 Å². The summed E-state index contributed by atoms with van der Waals surface area (Å²) in [6.45, 7) is 9.71. The van der Waals surface area contributed by atoms with Crippen molar-refractivity contribution in [2.24, 2.45) is 0 Å². The van der Waals surface area contributed by atoms with Crippen LogP contribution >= 0.6 is 0 Å². The molecular formula is C14H21NO2. The van der Waals surface area contributed by atoms with Crippen LogP contribution in [-0.2, 0) is 9.53 Å². The number of ether oxygens (including phenoxy) is 1.